The van der Waals surface area contributed by atoms with Crippen LogP contribution in [0.1, 0.15) is 33.3 Å². The Bertz CT molecular complexity index is 344. The highest BCUT2D eigenvalue weighted by Crippen LogP contribution is 2.17. The summed E-state index contributed by atoms with van der Waals surface area (Å²) >= 11 is 0. The number of nitrogen functional groups attached to an aromatic ring is 1. The number of anilines is 1. The topological polar surface area (TPSA) is 26.0 Å². The molecule has 0 amide bonds. The minimum absolute atomic E-state index is 0.779. The first-order valence-electron chi connectivity index (χ1n) is 5.29. The molecule has 0 spiro atoms. The summed E-state index contributed by atoms with van der Waals surface area (Å²) in [6.45, 7) is 12.1. The van der Waals surface area contributed by atoms with Crippen molar-refractivity contribution in [2.75, 3.05) is 5.73 Å². The van der Waals surface area contributed by atoms with Gasteiger partial charge in [0.15, 0.2) is 0 Å². The normalized spacial score (nSPS) is 8.53. The predicted molar refractivity (Wildman–Crippen MR) is 70.7 cm³/mol. The van der Waals surface area contributed by atoms with Crippen molar-refractivity contribution >= 4 is 11.3 Å². The van der Waals surface area contributed by atoms with Gasteiger partial charge in [-0.2, -0.15) is 0 Å². The first-order chi connectivity index (χ1) is 7.09. The van der Waals surface area contributed by atoms with Crippen LogP contribution < -0.4 is 5.73 Å². The first-order valence-corrected chi connectivity index (χ1v) is 5.29. The quantitative estimate of drug-likeness (QED) is 0.563. The summed E-state index contributed by atoms with van der Waals surface area (Å²) in [6.07, 6.45) is 2.05. The Labute approximate surface area is 93.3 Å². The maximum absolute atomic E-state index is 5.67. The minimum Gasteiger partial charge on any atom is -0.399 e. The van der Waals surface area contributed by atoms with Crippen LogP contribution >= 0.6 is 0 Å². The molecule has 0 saturated carbocycles. The van der Waals surface area contributed by atoms with E-state index < -0.39 is 0 Å². The summed E-state index contributed by atoms with van der Waals surface area (Å²) in [7, 11) is 0. The number of nitrogens with two attached hydrogens (primary N) is 1. The molecule has 15 heavy (non-hydrogen) atoms. The molecule has 0 aliphatic rings. The lowest BCUT2D eigenvalue weighted by atomic mass is 10.1. The van der Waals surface area contributed by atoms with E-state index in [1.165, 1.54) is 5.57 Å². The van der Waals surface area contributed by atoms with E-state index in [4.69, 9.17) is 5.73 Å². The molecule has 0 heterocycles. The van der Waals surface area contributed by atoms with Crippen molar-refractivity contribution in [1.82, 2.24) is 0 Å². The van der Waals surface area contributed by atoms with Crippen molar-refractivity contribution in [3.8, 4) is 0 Å². The Hall–Kier alpha value is -1.50. The zero-order valence-corrected chi connectivity index (χ0v) is 10.2. The van der Waals surface area contributed by atoms with E-state index in [9.17, 15) is 0 Å². The van der Waals surface area contributed by atoms with E-state index in [1.807, 2.05) is 38.1 Å². The van der Waals surface area contributed by atoms with Gasteiger partial charge in [-0.15, -0.1) is 0 Å². The number of benzene rings is 1. The van der Waals surface area contributed by atoms with Gasteiger partial charge in [-0.25, -0.2) is 0 Å². The van der Waals surface area contributed by atoms with E-state index in [1.54, 1.807) is 0 Å². The Morgan fingerprint density at radius 3 is 2.33 bits per heavy atom. The van der Waals surface area contributed by atoms with Crippen LogP contribution in [-0.4, -0.2) is 0 Å². The molecule has 1 aromatic rings. The van der Waals surface area contributed by atoms with Crippen LogP contribution in [0.5, 0.6) is 0 Å². The third-order valence-electron chi connectivity index (χ3n) is 1.72. The summed E-state index contributed by atoms with van der Waals surface area (Å²) in [5.41, 5.74) is 9.78. The van der Waals surface area contributed by atoms with Gasteiger partial charge in [0.1, 0.15) is 0 Å². The monoisotopic (exact) mass is 203 g/mol. The molecule has 0 fully saturated rings. The van der Waals surface area contributed by atoms with Gasteiger partial charge in [-0.1, -0.05) is 44.2 Å². The fraction of sp³-hybridized carbons (Fsp3) is 0.286. The Morgan fingerprint density at radius 2 is 1.87 bits per heavy atom. The third kappa shape index (κ3) is 5.06. The summed E-state index contributed by atoms with van der Waals surface area (Å²) in [4.78, 5) is 0. The SMILES string of the molecule is C=C(C=C(C)C)c1cccc(N)c1.CC. The zero-order chi connectivity index (χ0) is 11.8. The molecule has 1 heteroatoms. The highest BCUT2D eigenvalue weighted by Gasteiger charge is 1.95. The number of hydrogen-bond donors (Lipinski definition) is 1. The van der Waals surface area contributed by atoms with Gasteiger partial charge in [-0.3, -0.25) is 0 Å². The number of hydrogen-bond acceptors (Lipinski definition) is 1. The van der Waals surface area contributed by atoms with E-state index in [2.05, 4.69) is 26.5 Å². The molecule has 1 rings (SSSR count). The van der Waals surface area contributed by atoms with Gasteiger partial charge in [-0.05, 0) is 37.1 Å². The van der Waals surface area contributed by atoms with Gasteiger partial charge in [0, 0.05) is 5.69 Å². The van der Waals surface area contributed by atoms with Crippen molar-refractivity contribution in [2.24, 2.45) is 0 Å². The number of allylic oxidation sites excluding steroid dienone is 3. The molecule has 0 aliphatic heterocycles. The van der Waals surface area contributed by atoms with Crippen LogP contribution in [0.3, 0.4) is 0 Å². The van der Waals surface area contributed by atoms with Crippen molar-refractivity contribution in [2.45, 2.75) is 27.7 Å². The van der Waals surface area contributed by atoms with Gasteiger partial charge in [0.05, 0.1) is 0 Å². The van der Waals surface area contributed by atoms with Gasteiger partial charge >= 0.3 is 0 Å². The fourth-order valence-corrected chi connectivity index (χ4v) is 1.17. The van der Waals surface area contributed by atoms with Crippen molar-refractivity contribution in [3.05, 3.63) is 48.1 Å². The Balaban J connectivity index is 0.000000921. The van der Waals surface area contributed by atoms with Crippen molar-refractivity contribution < 1.29 is 0 Å². The summed E-state index contributed by atoms with van der Waals surface area (Å²) in [5.74, 6) is 0. The predicted octanol–water partition coefficient (Wildman–Crippen LogP) is 4.27. The van der Waals surface area contributed by atoms with Gasteiger partial charge < -0.3 is 5.73 Å². The van der Waals surface area contributed by atoms with Crippen molar-refractivity contribution in [1.29, 1.82) is 0 Å². The lowest BCUT2D eigenvalue weighted by Crippen LogP contribution is -1.86. The molecule has 0 unspecified atom stereocenters. The van der Waals surface area contributed by atoms with E-state index in [-0.39, 0.29) is 0 Å². The van der Waals surface area contributed by atoms with Crippen LogP contribution in [0, 0.1) is 0 Å². The standard InChI is InChI=1S/C12H15N.C2H6/c1-9(2)7-10(3)11-5-4-6-12(13)8-11;1-2/h4-8H,3,13H2,1-2H3;1-2H3. The summed E-state index contributed by atoms with van der Waals surface area (Å²) in [6, 6.07) is 7.76. The lowest BCUT2D eigenvalue weighted by molar-refractivity contribution is 1.39. The molecule has 0 bridgehead atoms. The summed E-state index contributed by atoms with van der Waals surface area (Å²) in [5, 5.41) is 0. The largest absolute Gasteiger partial charge is 0.399 e. The van der Waals surface area contributed by atoms with E-state index in [0.29, 0.717) is 0 Å². The van der Waals surface area contributed by atoms with Crippen LogP contribution in [0.25, 0.3) is 5.57 Å². The molecule has 0 radical (unpaired) electrons. The molecule has 0 aliphatic carbocycles. The Morgan fingerprint density at radius 1 is 1.27 bits per heavy atom. The molecular formula is C14H21N. The highest BCUT2D eigenvalue weighted by molar-refractivity contribution is 5.74. The van der Waals surface area contributed by atoms with Crippen LogP contribution in [0.2, 0.25) is 0 Å². The minimum atomic E-state index is 0.779. The average molecular weight is 203 g/mol. The zero-order valence-electron chi connectivity index (χ0n) is 10.2. The van der Waals surface area contributed by atoms with Crippen LogP contribution in [0.4, 0.5) is 5.69 Å². The van der Waals surface area contributed by atoms with Gasteiger partial charge in [0.2, 0.25) is 0 Å². The molecule has 0 saturated heterocycles. The molecule has 0 atom stereocenters. The molecule has 2 N–H and O–H groups in total. The highest BCUT2D eigenvalue weighted by atomic mass is 14.5. The van der Waals surface area contributed by atoms with E-state index >= 15 is 0 Å². The smallest absolute Gasteiger partial charge is 0.0320 e. The maximum Gasteiger partial charge on any atom is 0.0320 e. The third-order valence-corrected chi connectivity index (χ3v) is 1.72. The second kappa shape index (κ2) is 6.88. The lowest BCUT2D eigenvalue weighted by Gasteiger charge is -2.02. The number of rotatable bonds is 2. The molecule has 0 aromatic heterocycles. The molecule has 1 nitrogen and oxygen atoms in total. The van der Waals surface area contributed by atoms with Crippen molar-refractivity contribution in [3.63, 3.8) is 0 Å². The maximum atomic E-state index is 5.67. The fourth-order valence-electron chi connectivity index (χ4n) is 1.17. The Kier molecular flexibility index (Phi) is 6.19. The average Bonchev–Trinajstić information content (AvgIpc) is 2.20. The second-order valence-corrected chi connectivity index (χ2v) is 3.37. The molecule has 82 valence electrons. The van der Waals surface area contributed by atoms with Crippen LogP contribution in [-0.2, 0) is 0 Å². The van der Waals surface area contributed by atoms with E-state index in [0.717, 1.165) is 16.8 Å². The first kappa shape index (κ1) is 13.5. The summed E-state index contributed by atoms with van der Waals surface area (Å²) < 4.78 is 0. The molecule has 1 aromatic carbocycles. The second-order valence-electron chi connectivity index (χ2n) is 3.37. The molecular weight excluding hydrogens is 182 g/mol. The van der Waals surface area contributed by atoms with Gasteiger partial charge in [0.25, 0.3) is 0 Å². The van der Waals surface area contributed by atoms with Crippen LogP contribution in [0.15, 0.2) is 42.5 Å².